The Balaban J connectivity index is 2.81. The third-order valence-corrected chi connectivity index (χ3v) is 2.27. The van der Waals surface area contributed by atoms with Crippen LogP contribution in [0.3, 0.4) is 0 Å². The Bertz CT molecular complexity index is 305. The van der Waals surface area contributed by atoms with Crippen LogP contribution in [0.1, 0.15) is 11.7 Å². The van der Waals surface area contributed by atoms with E-state index in [-0.39, 0.29) is 0 Å². The second-order valence-electron chi connectivity index (χ2n) is 3.15. The van der Waals surface area contributed by atoms with E-state index in [1.54, 1.807) is 44.6 Å². The molecule has 0 aliphatic carbocycles. The van der Waals surface area contributed by atoms with Gasteiger partial charge in [0.25, 0.3) is 0 Å². The van der Waals surface area contributed by atoms with E-state index in [2.05, 4.69) is 6.58 Å². The number of ether oxygens (including phenoxy) is 2. The predicted octanol–water partition coefficient (Wildman–Crippen LogP) is 1.93. The largest absolute Gasteiger partial charge is 0.497 e. The Morgan fingerprint density at radius 1 is 1.27 bits per heavy atom. The van der Waals surface area contributed by atoms with Crippen LogP contribution in [-0.2, 0) is 4.74 Å². The molecule has 1 N–H and O–H groups in total. The van der Waals surface area contributed by atoms with Gasteiger partial charge in [-0.25, -0.2) is 0 Å². The maximum absolute atomic E-state index is 9.91. The molecule has 0 bridgehead atoms. The van der Waals surface area contributed by atoms with E-state index in [1.807, 2.05) is 0 Å². The zero-order valence-corrected chi connectivity index (χ0v) is 9.01. The summed E-state index contributed by atoms with van der Waals surface area (Å²) in [5, 5.41) is 9.91. The van der Waals surface area contributed by atoms with Crippen molar-refractivity contribution in [2.24, 2.45) is 0 Å². The lowest BCUT2D eigenvalue weighted by atomic mass is 10.0. The van der Waals surface area contributed by atoms with Crippen LogP contribution in [0.4, 0.5) is 0 Å². The zero-order valence-electron chi connectivity index (χ0n) is 9.01. The van der Waals surface area contributed by atoms with Crippen LogP contribution in [0, 0.1) is 0 Å². The highest BCUT2D eigenvalue weighted by Crippen LogP contribution is 2.21. The molecule has 0 amide bonds. The van der Waals surface area contributed by atoms with Crippen molar-refractivity contribution < 1.29 is 14.6 Å². The van der Waals surface area contributed by atoms with Gasteiger partial charge in [0.15, 0.2) is 0 Å². The van der Waals surface area contributed by atoms with E-state index >= 15 is 0 Å². The van der Waals surface area contributed by atoms with Crippen molar-refractivity contribution in [1.82, 2.24) is 0 Å². The molecule has 0 aromatic heterocycles. The van der Waals surface area contributed by atoms with Gasteiger partial charge in [-0.2, -0.15) is 0 Å². The Hall–Kier alpha value is -1.32. The van der Waals surface area contributed by atoms with Crippen molar-refractivity contribution in [3.8, 4) is 5.75 Å². The van der Waals surface area contributed by atoms with Crippen molar-refractivity contribution in [3.63, 3.8) is 0 Å². The molecule has 0 aliphatic heterocycles. The molecule has 82 valence electrons. The summed E-state index contributed by atoms with van der Waals surface area (Å²) in [6.07, 6.45) is 0.492. The highest BCUT2D eigenvalue weighted by atomic mass is 16.5. The summed E-state index contributed by atoms with van der Waals surface area (Å²) in [6, 6.07) is 7.21. The molecule has 0 spiro atoms. The first-order valence-electron chi connectivity index (χ1n) is 4.70. The number of hydrogen-bond acceptors (Lipinski definition) is 3. The summed E-state index contributed by atoms with van der Waals surface area (Å²) >= 11 is 0. The van der Waals surface area contributed by atoms with Crippen LogP contribution < -0.4 is 4.74 Å². The molecule has 3 nitrogen and oxygen atoms in total. The van der Waals surface area contributed by atoms with Gasteiger partial charge in [0.05, 0.1) is 7.11 Å². The van der Waals surface area contributed by atoms with E-state index in [4.69, 9.17) is 9.47 Å². The summed E-state index contributed by atoms with van der Waals surface area (Å²) in [4.78, 5) is 0. The molecular formula is C12H16O3. The first-order chi connectivity index (χ1) is 7.22. The lowest BCUT2D eigenvalue weighted by Crippen LogP contribution is -2.17. The molecule has 2 atom stereocenters. The van der Waals surface area contributed by atoms with E-state index in [0.717, 1.165) is 11.3 Å². The van der Waals surface area contributed by atoms with E-state index in [0.29, 0.717) is 0 Å². The van der Waals surface area contributed by atoms with Gasteiger partial charge in [-0.3, -0.25) is 0 Å². The minimum atomic E-state index is -0.696. The van der Waals surface area contributed by atoms with Crippen molar-refractivity contribution in [2.75, 3.05) is 14.2 Å². The number of aliphatic hydroxyl groups is 1. The maximum atomic E-state index is 9.91. The number of hydrogen-bond donors (Lipinski definition) is 1. The Kier molecular flexibility index (Phi) is 4.34. The summed E-state index contributed by atoms with van der Waals surface area (Å²) in [7, 11) is 3.15. The van der Waals surface area contributed by atoms with Crippen molar-refractivity contribution in [2.45, 2.75) is 12.2 Å². The standard InChI is InChI=1S/C12H16O3/c1-4-11(15-3)12(13)9-5-7-10(14-2)8-6-9/h4-8,11-13H,1H2,2-3H3/t11-,12-/m0/s1. The van der Waals surface area contributed by atoms with Gasteiger partial charge in [-0.05, 0) is 17.7 Å². The van der Waals surface area contributed by atoms with Crippen molar-refractivity contribution in [1.29, 1.82) is 0 Å². The van der Waals surface area contributed by atoms with Crippen LogP contribution in [-0.4, -0.2) is 25.4 Å². The second-order valence-corrected chi connectivity index (χ2v) is 3.15. The molecule has 0 saturated carbocycles. The lowest BCUT2D eigenvalue weighted by molar-refractivity contribution is 0.0162. The fourth-order valence-electron chi connectivity index (χ4n) is 1.34. The predicted molar refractivity (Wildman–Crippen MR) is 58.9 cm³/mol. The van der Waals surface area contributed by atoms with Crippen molar-refractivity contribution >= 4 is 0 Å². The SMILES string of the molecule is C=C[C@H](OC)[C@@H](O)c1ccc(OC)cc1. The highest BCUT2D eigenvalue weighted by Gasteiger charge is 2.16. The molecule has 0 aliphatic rings. The molecule has 3 heteroatoms. The topological polar surface area (TPSA) is 38.7 Å². The third-order valence-electron chi connectivity index (χ3n) is 2.27. The van der Waals surface area contributed by atoms with Gasteiger partial charge in [0.1, 0.15) is 18.0 Å². The van der Waals surface area contributed by atoms with Gasteiger partial charge in [-0.15, -0.1) is 6.58 Å². The zero-order chi connectivity index (χ0) is 11.3. The highest BCUT2D eigenvalue weighted by molar-refractivity contribution is 5.29. The van der Waals surface area contributed by atoms with E-state index in [9.17, 15) is 5.11 Å². The van der Waals surface area contributed by atoms with E-state index in [1.165, 1.54) is 0 Å². The number of rotatable bonds is 5. The van der Waals surface area contributed by atoms with Gasteiger partial charge in [0, 0.05) is 7.11 Å². The first-order valence-corrected chi connectivity index (χ1v) is 4.70. The van der Waals surface area contributed by atoms with Crippen LogP contribution in [0.15, 0.2) is 36.9 Å². The number of benzene rings is 1. The molecule has 1 aromatic carbocycles. The number of methoxy groups -OCH3 is 2. The summed E-state index contributed by atoms with van der Waals surface area (Å²) in [5.41, 5.74) is 0.780. The fraction of sp³-hybridized carbons (Fsp3) is 0.333. The summed E-state index contributed by atoms with van der Waals surface area (Å²) in [6.45, 7) is 3.60. The molecule has 15 heavy (non-hydrogen) atoms. The van der Waals surface area contributed by atoms with Crippen LogP contribution in [0.2, 0.25) is 0 Å². The third kappa shape index (κ3) is 2.81. The van der Waals surface area contributed by atoms with Gasteiger partial charge < -0.3 is 14.6 Å². The summed E-state index contributed by atoms with van der Waals surface area (Å²) < 4.78 is 10.1. The first kappa shape index (κ1) is 11.8. The number of aliphatic hydroxyl groups excluding tert-OH is 1. The molecule has 1 rings (SSSR count). The van der Waals surface area contributed by atoms with Gasteiger partial charge >= 0.3 is 0 Å². The molecule has 0 radical (unpaired) electrons. The minimum Gasteiger partial charge on any atom is -0.497 e. The normalized spacial score (nSPS) is 14.3. The average Bonchev–Trinajstić information content (AvgIpc) is 2.30. The molecule has 0 fully saturated rings. The second kappa shape index (κ2) is 5.53. The molecule has 0 heterocycles. The van der Waals surface area contributed by atoms with Crippen LogP contribution in [0.25, 0.3) is 0 Å². The van der Waals surface area contributed by atoms with Crippen LogP contribution in [0.5, 0.6) is 5.75 Å². The fourth-order valence-corrected chi connectivity index (χ4v) is 1.34. The van der Waals surface area contributed by atoms with Gasteiger partial charge in [0.2, 0.25) is 0 Å². The molecule has 0 saturated heterocycles. The van der Waals surface area contributed by atoms with Crippen molar-refractivity contribution in [3.05, 3.63) is 42.5 Å². The quantitative estimate of drug-likeness (QED) is 0.751. The smallest absolute Gasteiger partial charge is 0.118 e. The van der Waals surface area contributed by atoms with Gasteiger partial charge in [-0.1, -0.05) is 18.2 Å². The molecular weight excluding hydrogens is 192 g/mol. The van der Waals surface area contributed by atoms with E-state index < -0.39 is 12.2 Å². The van der Waals surface area contributed by atoms with Crippen LogP contribution >= 0.6 is 0 Å². The monoisotopic (exact) mass is 208 g/mol. The minimum absolute atomic E-state index is 0.390. The maximum Gasteiger partial charge on any atom is 0.118 e. The lowest BCUT2D eigenvalue weighted by Gasteiger charge is -2.18. The molecule has 0 unspecified atom stereocenters. The Morgan fingerprint density at radius 2 is 1.87 bits per heavy atom. The Labute approximate surface area is 90.0 Å². The molecule has 1 aromatic rings. The average molecular weight is 208 g/mol. The summed E-state index contributed by atoms with van der Waals surface area (Å²) in [5.74, 6) is 0.763. The Morgan fingerprint density at radius 3 is 2.27 bits per heavy atom.